The number of aryl methyl sites for hydroxylation is 2. The van der Waals surface area contributed by atoms with Gasteiger partial charge in [-0.05, 0) is 50.9 Å². The van der Waals surface area contributed by atoms with Crippen molar-refractivity contribution >= 4 is 11.5 Å². The zero-order chi connectivity index (χ0) is 18.1. The van der Waals surface area contributed by atoms with Crippen molar-refractivity contribution in [3.05, 3.63) is 59.2 Å². The second-order valence-electron chi connectivity index (χ2n) is 7.18. The first-order valence-electron chi connectivity index (χ1n) is 9.14. The van der Waals surface area contributed by atoms with E-state index in [0.717, 1.165) is 60.9 Å². The molecular formula is C20H24FN5. The number of nitrogens with one attached hydrogen (secondary N) is 1. The fourth-order valence-electron chi connectivity index (χ4n) is 3.69. The molecule has 6 heteroatoms. The first-order chi connectivity index (χ1) is 12.6. The molecule has 1 fully saturated rings. The molecule has 1 aromatic carbocycles. The van der Waals surface area contributed by atoms with E-state index < -0.39 is 0 Å². The van der Waals surface area contributed by atoms with Crippen LogP contribution in [0, 0.1) is 19.7 Å². The summed E-state index contributed by atoms with van der Waals surface area (Å²) in [6, 6.07) is 11.2. The van der Waals surface area contributed by atoms with Crippen LogP contribution in [0.2, 0.25) is 0 Å². The quantitative estimate of drug-likeness (QED) is 0.779. The number of nitrogens with zero attached hydrogens (tertiary/aromatic N) is 4. The van der Waals surface area contributed by atoms with Crippen molar-refractivity contribution in [1.82, 2.24) is 19.5 Å². The molecule has 2 aromatic heterocycles. The van der Waals surface area contributed by atoms with Crippen LogP contribution in [-0.4, -0.2) is 38.6 Å². The van der Waals surface area contributed by atoms with E-state index in [1.807, 2.05) is 36.6 Å². The predicted molar refractivity (Wildman–Crippen MR) is 101 cm³/mol. The Morgan fingerprint density at radius 3 is 2.77 bits per heavy atom. The Labute approximate surface area is 152 Å². The van der Waals surface area contributed by atoms with Gasteiger partial charge in [0.25, 0.3) is 0 Å². The molecule has 1 aliphatic rings. The average molecular weight is 353 g/mol. The lowest BCUT2D eigenvalue weighted by Gasteiger charge is -2.33. The summed E-state index contributed by atoms with van der Waals surface area (Å²) in [5.41, 5.74) is 3.98. The summed E-state index contributed by atoms with van der Waals surface area (Å²) in [4.78, 5) is 6.97. The Kier molecular flexibility index (Phi) is 4.59. The highest BCUT2D eigenvalue weighted by molar-refractivity contribution is 5.50. The summed E-state index contributed by atoms with van der Waals surface area (Å²) < 4.78 is 15.0. The van der Waals surface area contributed by atoms with E-state index in [9.17, 15) is 4.39 Å². The predicted octanol–water partition coefficient (Wildman–Crippen LogP) is 3.56. The van der Waals surface area contributed by atoms with Crippen molar-refractivity contribution in [1.29, 1.82) is 0 Å². The Hall–Kier alpha value is -2.47. The summed E-state index contributed by atoms with van der Waals surface area (Å²) in [5, 5.41) is 8.22. The molecule has 0 amide bonds. The Morgan fingerprint density at radius 1 is 1.15 bits per heavy atom. The minimum absolute atomic E-state index is 0.182. The minimum Gasteiger partial charge on any atom is -0.366 e. The number of piperidine rings is 1. The number of benzene rings is 1. The molecule has 4 rings (SSSR count). The van der Waals surface area contributed by atoms with E-state index in [1.54, 1.807) is 0 Å². The van der Waals surface area contributed by atoms with Gasteiger partial charge in [-0.3, -0.25) is 4.90 Å². The van der Waals surface area contributed by atoms with Gasteiger partial charge in [-0.2, -0.15) is 9.61 Å². The topological polar surface area (TPSA) is 45.5 Å². The first kappa shape index (κ1) is 17.0. The smallest absolute Gasteiger partial charge is 0.157 e. The summed E-state index contributed by atoms with van der Waals surface area (Å²) in [7, 11) is 0. The van der Waals surface area contributed by atoms with Crippen molar-refractivity contribution in [2.24, 2.45) is 0 Å². The molecule has 136 valence electrons. The summed E-state index contributed by atoms with van der Waals surface area (Å²) in [6.45, 7) is 6.87. The maximum Gasteiger partial charge on any atom is 0.157 e. The molecule has 0 bridgehead atoms. The molecule has 3 aromatic rings. The maximum atomic E-state index is 13.1. The highest BCUT2D eigenvalue weighted by atomic mass is 19.1. The molecule has 0 saturated carbocycles. The van der Waals surface area contributed by atoms with Gasteiger partial charge in [-0.15, -0.1) is 0 Å². The number of fused-ring (bicyclic) bond motifs is 1. The van der Waals surface area contributed by atoms with Gasteiger partial charge in [-0.1, -0.05) is 12.1 Å². The van der Waals surface area contributed by atoms with E-state index in [-0.39, 0.29) is 5.82 Å². The van der Waals surface area contributed by atoms with Crippen LogP contribution in [-0.2, 0) is 6.54 Å². The van der Waals surface area contributed by atoms with Crippen LogP contribution >= 0.6 is 0 Å². The van der Waals surface area contributed by atoms with E-state index in [0.29, 0.717) is 6.04 Å². The monoisotopic (exact) mass is 353 g/mol. The van der Waals surface area contributed by atoms with Crippen LogP contribution in [0.25, 0.3) is 5.65 Å². The van der Waals surface area contributed by atoms with Gasteiger partial charge in [0.2, 0.25) is 0 Å². The van der Waals surface area contributed by atoms with Crippen molar-refractivity contribution < 1.29 is 4.39 Å². The third kappa shape index (κ3) is 3.70. The molecule has 1 N–H and O–H groups in total. The highest BCUT2D eigenvalue weighted by Gasteiger charge is 2.21. The molecule has 0 aliphatic carbocycles. The van der Waals surface area contributed by atoms with Crippen molar-refractivity contribution in [2.45, 2.75) is 39.3 Å². The van der Waals surface area contributed by atoms with Gasteiger partial charge >= 0.3 is 0 Å². The van der Waals surface area contributed by atoms with Crippen molar-refractivity contribution in [3.8, 4) is 0 Å². The van der Waals surface area contributed by atoms with Gasteiger partial charge in [-0.25, -0.2) is 9.37 Å². The van der Waals surface area contributed by atoms with E-state index in [4.69, 9.17) is 0 Å². The molecule has 1 atom stereocenters. The standard InChI is InChI=1S/C20H24FN5/c1-14-10-20(26-19(22-14)11-15(2)24-26)23-18-4-3-9-25(13-18)12-16-5-7-17(21)8-6-16/h5-8,10-11,18,23H,3-4,9,12-13H2,1-2H3/t18-/m1/s1. The van der Waals surface area contributed by atoms with Crippen LogP contribution in [0.15, 0.2) is 36.4 Å². The maximum absolute atomic E-state index is 13.1. The van der Waals surface area contributed by atoms with Crippen LogP contribution < -0.4 is 5.32 Å². The number of halogens is 1. The summed E-state index contributed by atoms with van der Waals surface area (Å²) >= 11 is 0. The molecular weight excluding hydrogens is 329 g/mol. The van der Waals surface area contributed by atoms with E-state index in [2.05, 4.69) is 26.4 Å². The van der Waals surface area contributed by atoms with Crippen LogP contribution in [0.4, 0.5) is 10.2 Å². The number of likely N-dealkylation sites (tertiary alicyclic amines) is 1. The first-order valence-corrected chi connectivity index (χ1v) is 9.14. The second kappa shape index (κ2) is 7.03. The zero-order valence-electron chi connectivity index (χ0n) is 15.2. The lowest BCUT2D eigenvalue weighted by molar-refractivity contribution is 0.208. The SMILES string of the molecule is Cc1cc(N[C@@H]2CCCN(Cc3ccc(F)cc3)C2)n2nc(C)cc2n1. The lowest BCUT2D eigenvalue weighted by atomic mass is 10.0. The summed E-state index contributed by atoms with van der Waals surface area (Å²) in [6.07, 6.45) is 2.27. The molecule has 0 radical (unpaired) electrons. The Bertz CT molecular complexity index is 902. The van der Waals surface area contributed by atoms with E-state index in [1.165, 1.54) is 12.1 Å². The fraction of sp³-hybridized carbons (Fsp3) is 0.400. The zero-order valence-corrected chi connectivity index (χ0v) is 15.2. The molecule has 26 heavy (non-hydrogen) atoms. The van der Waals surface area contributed by atoms with Gasteiger partial charge in [0.15, 0.2) is 5.65 Å². The lowest BCUT2D eigenvalue weighted by Crippen LogP contribution is -2.42. The molecule has 1 saturated heterocycles. The number of rotatable bonds is 4. The molecule has 5 nitrogen and oxygen atoms in total. The third-order valence-electron chi connectivity index (χ3n) is 4.85. The second-order valence-corrected chi connectivity index (χ2v) is 7.18. The summed E-state index contributed by atoms with van der Waals surface area (Å²) in [5.74, 6) is 0.813. The average Bonchev–Trinajstić information content (AvgIpc) is 2.98. The van der Waals surface area contributed by atoms with Gasteiger partial charge in [0.1, 0.15) is 11.6 Å². The number of aromatic nitrogens is 3. The third-order valence-corrected chi connectivity index (χ3v) is 4.85. The van der Waals surface area contributed by atoms with Gasteiger partial charge in [0, 0.05) is 37.0 Å². The largest absolute Gasteiger partial charge is 0.366 e. The Balaban J connectivity index is 1.47. The van der Waals surface area contributed by atoms with Crippen molar-refractivity contribution in [3.63, 3.8) is 0 Å². The number of hydrogen-bond acceptors (Lipinski definition) is 4. The van der Waals surface area contributed by atoms with Gasteiger partial charge in [0.05, 0.1) is 5.69 Å². The van der Waals surface area contributed by atoms with Crippen LogP contribution in [0.3, 0.4) is 0 Å². The Morgan fingerprint density at radius 2 is 1.96 bits per heavy atom. The molecule has 1 aliphatic heterocycles. The van der Waals surface area contributed by atoms with Crippen LogP contribution in [0.1, 0.15) is 29.8 Å². The molecule has 3 heterocycles. The van der Waals surface area contributed by atoms with Crippen LogP contribution in [0.5, 0.6) is 0 Å². The molecule has 0 spiro atoms. The fourth-order valence-corrected chi connectivity index (χ4v) is 3.69. The number of anilines is 1. The van der Waals surface area contributed by atoms with E-state index >= 15 is 0 Å². The van der Waals surface area contributed by atoms with Gasteiger partial charge < -0.3 is 5.32 Å². The molecule has 0 unspecified atom stereocenters. The number of hydrogen-bond donors (Lipinski definition) is 1. The highest BCUT2D eigenvalue weighted by Crippen LogP contribution is 2.20. The van der Waals surface area contributed by atoms with Crippen molar-refractivity contribution in [2.75, 3.05) is 18.4 Å². The minimum atomic E-state index is -0.182. The normalized spacial score (nSPS) is 18.3.